The van der Waals surface area contributed by atoms with Gasteiger partial charge in [-0.25, -0.2) is 33.7 Å². The van der Waals surface area contributed by atoms with Gasteiger partial charge >= 0.3 is 59.1 Å². The first kappa shape index (κ1) is 82.3. The van der Waals surface area contributed by atoms with Crippen LogP contribution in [0.15, 0.2) is 196 Å². The number of rotatable bonds is 34. The van der Waals surface area contributed by atoms with Crippen molar-refractivity contribution < 1.29 is 121 Å². The van der Waals surface area contributed by atoms with Crippen molar-refractivity contribution in [3.05, 3.63) is 227 Å². The minimum atomic E-state index is -4.38. The van der Waals surface area contributed by atoms with Crippen LogP contribution in [0.25, 0.3) is 4.91 Å². The summed E-state index contributed by atoms with van der Waals surface area (Å²) in [7, 11) is -16.4. The molecule has 23 heteroatoms. The number of thioether (sulfide) groups is 2. The third-order valence-electron chi connectivity index (χ3n) is 18.4. The van der Waals surface area contributed by atoms with Crippen molar-refractivity contribution in [3.63, 3.8) is 0 Å². The third-order valence-corrected chi connectivity index (χ3v) is 31.7. The molecular weight excluding hydrogens is 1390 g/mol. The summed E-state index contributed by atoms with van der Waals surface area (Å²) in [5.41, 5.74) is 7.65. The van der Waals surface area contributed by atoms with Gasteiger partial charge in [0.05, 0.1) is 55.0 Å². The quantitative estimate of drug-likeness (QED) is 0.0208. The zero-order valence-corrected chi connectivity index (χ0v) is 68.1. The van der Waals surface area contributed by atoms with Crippen LogP contribution in [0, 0.1) is 6.92 Å². The van der Waals surface area contributed by atoms with E-state index < -0.39 is 70.3 Å². The Balaban J connectivity index is 0.00000758. The van der Waals surface area contributed by atoms with Gasteiger partial charge in [0.25, 0.3) is 0 Å². The fourth-order valence-corrected chi connectivity index (χ4v) is 21.1. The Bertz CT molecular complexity index is 4500. The second-order valence-corrected chi connectivity index (χ2v) is 40.0. The van der Waals surface area contributed by atoms with E-state index in [1.54, 1.807) is 72.8 Å². The molecule has 8 aromatic carbocycles. The predicted octanol–water partition coefficient (Wildman–Crippen LogP) is 12.1. The topological polar surface area (TPSA) is 220 Å². The van der Waals surface area contributed by atoms with Gasteiger partial charge in [-0.1, -0.05) is 141 Å². The van der Waals surface area contributed by atoms with Gasteiger partial charge in [0.1, 0.15) is 40.2 Å². The number of benzene rings is 8. The maximum absolute atomic E-state index is 14.3. The van der Waals surface area contributed by atoms with Crippen molar-refractivity contribution in [2.24, 2.45) is 0 Å². The van der Waals surface area contributed by atoms with Crippen LogP contribution in [0.2, 0.25) is 24.2 Å². The van der Waals surface area contributed by atoms with E-state index in [1.807, 2.05) is 55.5 Å². The van der Waals surface area contributed by atoms with Crippen LogP contribution in [0.5, 0.6) is 40.2 Å². The van der Waals surface area contributed by atoms with Gasteiger partial charge in [0, 0.05) is 44.3 Å². The van der Waals surface area contributed by atoms with Gasteiger partial charge in [-0.3, -0.25) is 0 Å². The molecule has 0 aliphatic rings. The van der Waals surface area contributed by atoms with Crippen molar-refractivity contribution in [2.75, 3.05) is 30.1 Å². The van der Waals surface area contributed by atoms with Crippen LogP contribution >= 0.6 is 23.5 Å². The van der Waals surface area contributed by atoms with Crippen molar-refractivity contribution in [2.45, 2.75) is 148 Å². The van der Waals surface area contributed by atoms with Gasteiger partial charge in [-0.15, -0.1) is 11.8 Å². The van der Waals surface area contributed by atoms with Crippen molar-refractivity contribution in [3.8, 4) is 40.2 Å². The number of ether oxygens (including phenoxy) is 4. The molecule has 98 heavy (non-hydrogen) atoms. The summed E-state index contributed by atoms with van der Waals surface area (Å²) in [6.07, 6.45) is 2.68. The molecule has 0 aromatic heterocycles. The van der Waals surface area contributed by atoms with E-state index in [1.165, 1.54) is 79.1 Å². The molecule has 0 spiro atoms. The summed E-state index contributed by atoms with van der Waals surface area (Å²) in [5.74, 6) is 3.72. The van der Waals surface area contributed by atoms with Crippen LogP contribution in [0.1, 0.15) is 118 Å². The summed E-state index contributed by atoms with van der Waals surface area (Å²) in [4.78, 5) is 1.11. The van der Waals surface area contributed by atoms with Gasteiger partial charge in [0.15, 0.2) is 0 Å². The third kappa shape index (κ3) is 21.2. The molecule has 0 amide bonds. The summed E-state index contributed by atoms with van der Waals surface area (Å²) in [6.45, 7) is 23.7. The normalized spacial score (nSPS) is 12.3. The molecule has 0 aliphatic carbocycles. The van der Waals surface area contributed by atoms with Gasteiger partial charge in [0.2, 0.25) is 19.7 Å². The average molecular weight is 1480 g/mol. The molecule has 8 aromatic rings. The summed E-state index contributed by atoms with van der Waals surface area (Å²) < 4.78 is 148. The van der Waals surface area contributed by atoms with E-state index in [0.717, 1.165) is 62.9 Å². The van der Waals surface area contributed by atoms with Crippen LogP contribution in [-0.4, -0.2) is 81.0 Å². The Labute approximate surface area is 635 Å². The molecule has 0 unspecified atom stereocenters. The van der Waals surface area contributed by atoms with Crippen LogP contribution in [0.3, 0.4) is 0 Å². The van der Waals surface area contributed by atoms with Crippen molar-refractivity contribution in [1.29, 1.82) is 0 Å². The number of hydrogen-bond donors (Lipinski definition) is 0. The van der Waals surface area contributed by atoms with E-state index in [0.29, 0.717) is 63.1 Å². The van der Waals surface area contributed by atoms with E-state index in [2.05, 4.69) is 86.2 Å². The second-order valence-electron chi connectivity index (χ2n) is 25.1. The molecule has 0 bridgehead atoms. The minimum absolute atomic E-state index is 0. The molecule has 0 N–H and O–H groups in total. The number of aryl methyl sites for hydroxylation is 3. The standard InChI is InChI=1S/C75H88O14S6Si.2Na/c1-12-55-48-58(21-40-71(55)87-63-26-34-67(35-27-63)94(82,83)66-32-24-62(86-11)25-33-66)74(7,8)59-22-41-72(56(49-59)18-16-47-96(13-2,14-3)15-4)88-64-28-36-68(37-29-64)95(84,85)69-38-30-65(31-39-69)89-73-42-23-60(50-57(73)52-90-43-17-45-92(76,77)78)75(9,10)61-20-19-53(5)70(51-61)54(6)91-44-46-93(79,80)81;;/h19-42,48-51H,6,12-18,43-47,52H2,1-5,7-11H3,(H,76,77,78)(H,79,80,81);;/q;2*+1/p-2. The maximum atomic E-state index is 14.3. The molecule has 512 valence electrons. The van der Waals surface area contributed by atoms with Crippen molar-refractivity contribution in [1.82, 2.24) is 0 Å². The largest absolute Gasteiger partial charge is 1.00 e. The van der Waals surface area contributed by atoms with Crippen molar-refractivity contribution >= 4 is 76.4 Å². The number of sulfone groups is 2. The van der Waals surface area contributed by atoms with E-state index in [9.17, 15) is 42.8 Å². The van der Waals surface area contributed by atoms with Crippen LogP contribution < -0.4 is 78.1 Å². The Morgan fingerprint density at radius 2 is 0.857 bits per heavy atom. The fraction of sp³-hybridized carbons (Fsp3) is 0.333. The second kappa shape index (κ2) is 35.5. The van der Waals surface area contributed by atoms with E-state index >= 15 is 0 Å². The average Bonchev–Trinajstić information content (AvgIpc) is 0.791. The Morgan fingerprint density at radius 1 is 0.480 bits per heavy atom. The Hall–Kier alpha value is -4.66. The van der Waals surface area contributed by atoms with Gasteiger partial charge in [-0.05, 0) is 198 Å². The maximum Gasteiger partial charge on any atom is 1.00 e. The van der Waals surface area contributed by atoms with E-state index in [4.69, 9.17) is 18.9 Å². The van der Waals surface area contributed by atoms with Crippen LogP contribution in [-0.2, 0) is 69.3 Å². The smallest absolute Gasteiger partial charge is 0.748 e. The molecule has 0 heterocycles. The Kier molecular flexibility index (Phi) is 29.8. The first-order valence-corrected chi connectivity index (χ1v) is 43.2. The zero-order valence-electron chi connectivity index (χ0n) is 58.2. The molecule has 0 fully saturated rings. The van der Waals surface area contributed by atoms with Gasteiger partial charge < -0.3 is 28.1 Å². The Morgan fingerprint density at radius 3 is 1.27 bits per heavy atom. The fourth-order valence-electron chi connectivity index (χ4n) is 11.7. The monoisotopic (exact) mass is 1480 g/mol. The zero-order chi connectivity index (χ0) is 69.9. The SMILES string of the molecule is C=C(SCCS(=O)(=O)[O-])c1cc(C(C)(C)c2ccc(Oc3ccc(S(=O)(=O)c4ccc(Oc5ccc(C(C)(C)c6ccc(Oc7ccc(S(=O)(=O)c8ccc(OC)cc8)cc7)c(CC)c6)cc5CCC[Si](CC)(CC)CC)cc4)cc3)c(CSCCCS(=O)(=O)[O-])c2)ccc1C.[Na+].[Na+]. The number of hydrogen-bond acceptors (Lipinski definition) is 16. The summed E-state index contributed by atoms with van der Waals surface area (Å²) in [6, 6.07) is 54.7. The molecular formula is C75H86Na2O14S6Si. The molecule has 0 saturated carbocycles. The molecule has 0 saturated heterocycles. The first-order valence-electron chi connectivity index (χ1n) is 32.1. The molecule has 14 nitrogen and oxygen atoms in total. The molecule has 0 radical (unpaired) electrons. The van der Waals surface area contributed by atoms with Gasteiger partial charge in [-0.2, -0.15) is 11.8 Å². The number of methoxy groups -OCH3 is 1. The molecule has 8 rings (SSSR count). The molecule has 0 aliphatic heterocycles. The minimum Gasteiger partial charge on any atom is -0.748 e. The first-order chi connectivity index (χ1) is 45.3. The van der Waals surface area contributed by atoms with Crippen LogP contribution in [0.4, 0.5) is 0 Å². The molecule has 0 atom stereocenters. The summed E-state index contributed by atoms with van der Waals surface area (Å²) >= 11 is 2.67. The van der Waals surface area contributed by atoms with E-state index in [-0.39, 0.29) is 90.9 Å². The summed E-state index contributed by atoms with van der Waals surface area (Å²) in [5, 5.41) is 0. The predicted molar refractivity (Wildman–Crippen MR) is 389 cm³/mol.